The largest absolute Gasteiger partial charge is 0.299 e. The van der Waals surface area contributed by atoms with Gasteiger partial charge < -0.3 is 0 Å². The Morgan fingerprint density at radius 3 is 0.719 bits per heavy atom. The van der Waals surface area contributed by atoms with Crippen LogP contribution in [0.1, 0.15) is 11.1 Å². The molecule has 448 valence electrons. The molecule has 7 nitrogen and oxygen atoms in total. The molecule has 0 N–H and O–H groups in total. The summed E-state index contributed by atoms with van der Waals surface area (Å²) in [7, 11) is 0. The Kier molecular flexibility index (Phi) is 12.7. The van der Waals surface area contributed by atoms with Crippen LogP contribution in [-0.4, -0.2) is 5.78 Å². The van der Waals surface area contributed by atoms with Crippen molar-refractivity contribution in [2.45, 2.75) is 12.8 Å². The SMILES string of the molecule is O=C(Cc1ccccc1)Cc1ccccc1.O=c1c(-c2ccccc2)c2c3cccc4c5cc6c7c(-c8ccccc8)c(=O)c(-c8ccccc8)c7c7cccc(c5cc(c2c1-c1ccccc1)c43)c76.O=c1c(=O)c2cc3c(cc4c(=O)c(=O)c5cccc3c54)c3cccc1c23. The van der Waals surface area contributed by atoms with Crippen LogP contribution in [-0.2, 0) is 17.6 Å². The zero-order chi connectivity index (χ0) is 64.6. The Bertz CT molecular complexity index is 6440. The molecule has 0 aromatic heterocycles. The van der Waals surface area contributed by atoms with Gasteiger partial charge in [-0.05, 0) is 133 Å². The van der Waals surface area contributed by atoms with Gasteiger partial charge in [0.05, 0.1) is 0 Å². The van der Waals surface area contributed by atoms with Crippen LogP contribution in [0.2, 0.25) is 0 Å². The molecule has 0 aliphatic heterocycles. The Morgan fingerprint density at radius 1 is 0.188 bits per heavy atom. The van der Waals surface area contributed by atoms with Crippen molar-refractivity contribution in [1.29, 1.82) is 0 Å². The van der Waals surface area contributed by atoms with Gasteiger partial charge in [0.1, 0.15) is 5.78 Å². The minimum absolute atomic E-state index is 0.0683. The molecule has 0 amide bonds. The summed E-state index contributed by atoms with van der Waals surface area (Å²) < 4.78 is 0. The normalized spacial score (nSPS) is 11.9. The van der Waals surface area contributed by atoms with Gasteiger partial charge in [0.2, 0.25) is 21.7 Å². The van der Waals surface area contributed by atoms with E-state index in [9.17, 15) is 33.6 Å². The molecule has 0 heterocycles. The number of ketones is 1. The fourth-order valence-corrected chi connectivity index (χ4v) is 15.9. The minimum Gasteiger partial charge on any atom is -0.299 e. The summed E-state index contributed by atoms with van der Waals surface area (Å²) >= 11 is 0. The van der Waals surface area contributed by atoms with Crippen LogP contribution < -0.4 is 32.6 Å². The van der Waals surface area contributed by atoms with Crippen molar-refractivity contribution in [3.8, 4) is 44.5 Å². The summed E-state index contributed by atoms with van der Waals surface area (Å²) in [4.78, 5) is 90.7. The van der Waals surface area contributed by atoms with Gasteiger partial charge in [-0.1, -0.05) is 255 Å². The highest BCUT2D eigenvalue weighted by Gasteiger charge is 2.30. The van der Waals surface area contributed by atoms with Gasteiger partial charge in [-0.15, -0.1) is 0 Å². The molecule has 7 heteroatoms. The van der Waals surface area contributed by atoms with Crippen molar-refractivity contribution < 1.29 is 4.79 Å². The van der Waals surface area contributed by atoms with Gasteiger partial charge in [0.15, 0.2) is 10.9 Å². The smallest absolute Gasteiger partial charge is 0.234 e. The van der Waals surface area contributed by atoms with E-state index in [1.54, 1.807) is 36.4 Å². The maximum absolute atomic E-state index is 14.7. The van der Waals surface area contributed by atoms with Crippen molar-refractivity contribution in [3.05, 3.63) is 352 Å². The predicted molar refractivity (Wildman–Crippen MR) is 397 cm³/mol. The van der Waals surface area contributed by atoms with E-state index < -0.39 is 21.7 Å². The molecule has 0 spiro atoms. The molecule has 0 aliphatic carbocycles. The van der Waals surface area contributed by atoms with E-state index in [1.807, 2.05) is 146 Å². The van der Waals surface area contributed by atoms with Crippen LogP contribution in [0, 0.1) is 0 Å². The average Bonchev–Trinajstić information content (AvgIpc) is 1.52. The highest BCUT2D eigenvalue weighted by molar-refractivity contribution is 6.45. The second kappa shape index (κ2) is 21.7. The monoisotopic (exact) mass is 1230 g/mol. The molecule has 0 unspecified atom stereocenters. The van der Waals surface area contributed by atoms with E-state index in [-0.39, 0.29) is 16.6 Å². The first-order valence-corrected chi connectivity index (χ1v) is 32.1. The molecule has 20 rings (SSSR count). The van der Waals surface area contributed by atoms with Crippen molar-refractivity contribution >= 4 is 135 Å². The van der Waals surface area contributed by atoms with E-state index >= 15 is 0 Å². The highest BCUT2D eigenvalue weighted by Crippen LogP contribution is 2.53. The lowest BCUT2D eigenvalue weighted by molar-refractivity contribution is -0.117. The van der Waals surface area contributed by atoms with Crippen LogP contribution in [0.5, 0.6) is 0 Å². The number of hydrogen-bond acceptors (Lipinski definition) is 7. The summed E-state index contributed by atoms with van der Waals surface area (Å²) in [5, 5.41) is 21.3. The molecule has 0 aliphatic rings. The fourth-order valence-electron chi connectivity index (χ4n) is 15.9. The molecule has 0 radical (unpaired) electrons. The van der Waals surface area contributed by atoms with Crippen LogP contribution in [0.4, 0.5) is 0 Å². The predicted octanol–water partition coefficient (Wildman–Crippen LogP) is 18.6. The Balaban J connectivity index is 0.000000131. The first kappa shape index (κ1) is 56.1. The Morgan fingerprint density at radius 2 is 0.417 bits per heavy atom. The molecule has 0 saturated heterocycles. The first-order valence-electron chi connectivity index (χ1n) is 32.1. The van der Waals surface area contributed by atoms with Crippen LogP contribution in [0.3, 0.4) is 0 Å². The zero-order valence-electron chi connectivity index (χ0n) is 51.3. The number of hydrogen-bond donors (Lipinski definition) is 0. The minimum atomic E-state index is -0.506. The molecule has 20 aromatic rings. The molecular weight excluding hydrogens is 1180 g/mol. The molecule has 0 saturated carbocycles. The van der Waals surface area contributed by atoms with Gasteiger partial charge in [-0.2, -0.15) is 0 Å². The Labute approximate surface area is 545 Å². The molecular formula is C89H50O7. The number of rotatable bonds is 8. The summed E-state index contributed by atoms with van der Waals surface area (Å²) in [6.07, 6.45) is 1.05. The third-order valence-electron chi connectivity index (χ3n) is 19.8. The average molecular weight is 1230 g/mol. The molecule has 0 atom stereocenters. The zero-order valence-corrected chi connectivity index (χ0v) is 51.3. The first-order chi connectivity index (χ1) is 47.1. The standard InChI is InChI=1S/C52H28O2.C22H8O4.C15H14O/c53-51-41(29-15-5-1-6-16-29)47-35-25-13-23-33-38-28-40-46-34(37(38)27-39(45(33)35)49(47)43(51)31-19-9-3-10-20-31)24-14-26-36(46)48-42(30-17-7-2-8-18-30)52(54)44(50(40)48)32-21-11-4-12-22-32;23-19-11-5-1-3-9-13-7-16-18-10(4-2-6-12(18)20(24)22(16)26)14(13)8-15(17(9)11)21(19)25;16-15(11-13-7-3-1-4-8-13)12-14-9-5-2-6-10-14/h1-28H;1-8H;1-10H,11-12H2. The van der Waals surface area contributed by atoms with E-state index in [2.05, 4.69) is 97.1 Å². The Hall–Kier alpha value is -12.7. The lowest BCUT2D eigenvalue weighted by atomic mass is 9.91. The molecule has 0 bridgehead atoms. The quantitative estimate of drug-likeness (QED) is 0.110. The summed E-state index contributed by atoms with van der Waals surface area (Å²) in [5.41, 5.74) is 7.07. The number of fused-ring (bicyclic) bond motifs is 12. The maximum atomic E-state index is 14.7. The van der Waals surface area contributed by atoms with Gasteiger partial charge in [-0.3, -0.25) is 33.6 Å². The summed E-state index contributed by atoms with van der Waals surface area (Å²) in [6, 6.07) is 92.0. The second-order valence-electron chi connectivity index (χ2n) is 25.1. The van der Waals surface area contributed by atoms with Gasteiger partial charge in [-0.25, -0.2) is 0 Å². The van der Waals surface area contributed by atoms with E-state index in [0.29, 0.717) is 45.2 Å². The van der Waals surface area contributed by atoms with Gasteiger partial charge in [0.25, 0.3) is 0 Å². The van der Waals surface area contributed by atoms with E-state index in [1.165, 1.54) is 10.8 Å². The third-order valence-corrected chi connectivity index (χ3v) is 19.8. The van der Waals surface area contributed by atoms with E-state index in [0.717, 1.165) is 142 Å². The third kappa shape index (κ3) is 8.30. The lowest BCUT2D eigenvalue weighted by Crippen LogP contribution is -2.16. The molecule has 20 aromatic carbocycles. The number of Topliss-reactive ketones (excluding diaryl/α,β-unsaturated/α-hetero) is 1. The van der Waals surface area contributed by atoms with E-state index in [4.69, 9.17) is 0 Å². The lowest BCUT2D eigenvalue weighted by Gasteiger charge is -2.11. The maximum Gasteiger partial charge on any atom is 0.234 e. The van der Waals surface area contributed by atoms with Crippen molar-refractivity contribution in [3.63, 3.8) is 0 Å². The van der Waals surface area contributed by atoms with Crippen LogP contribution in [0.25, 0.3) is 174 Å². The van der Waals surface area contributed by atoms with Crippen LogP contribution >= 0.6 is 0 Å². The van der Waals surface area contributed by atoms with Gasteiger partial charge >= 0.3 is 0 Å². The molecule has 96 heavy (non-hydrogen) atoms. The second-order valence-corrected chi connectivity index (χ2v) is 25.1. The fraction of sp³-hybridized carbons (Fsp3) is 0.0225. The number of carbonyl (C=O) groups is 1. The summed E-state index contributed by atoms with van der Waals surface area (Å²) in [5.74, 6) is 0.261. The summed E-state index contributed by atoms with van der Waals surface area (Å²) in [6.45, 7) is 0. The van der Waals surface area contributed by atoms with Crippen molar-refractivity contribution in [1.82, 2.24) is 0 Å². The topological polar surface area (TPSA) is 119 Å². The number of carbonyl (C=O) groups excluding carboxylic acids is 1. The van der Waals surface area contributed by atoms with Gasteiger partial charge in [0, 0.05) is 89.0 Å². The molecule has 0 fully saturated rings. The van der Waals surface area contributed by atoms with Crippen molar-refractivity contribution in [2.75, 3.05) is 0 Å². The van der Waals surface area contributed by atoms with Crippen LogP contribution in [0.15, 0.2) is 308 Å². The highest BCUT2D eigenvalue weighted by atomic mass is 16.2. The number of benzene rings is 14. The van der Waals surface area contributed by atoms with Crippen molar-refractivity contribution in [2.24, 2.45) is 0 Å².